The van der Waals surface area contributed by atoms with E-state index < -0.39 is 0 Å². The van der Waals surface area contributed by atoms with E-state index in [4.69, 9.17) is 9.47 Å². The Hall–Kier alpha value is -1.27. The summed E-state index contributed by atoms with van der Waals surface area (Å²) in [4.78, 5) is 0. The summed E-state index contributed by atoms with van der Waals surface area (Å²) in [7, 11) is 1.64. The van der Waals surface area contributed by atoms with Crippen LogP contribution in [0.4, 0.5) is 0 Å². The fourth-order valence-corrected chi connectivity index (χ4v) is 2.03. The van der Waals surface area contributed by atoms with Crippen LogP contribution in [0.25, 0.3) is 0 Å². The maximum atomic E-state index is 5.07. The lowest BCUT2D eigenvalue weighted by molar-refractivity contribution is 0.174. The van der Waals surface area contributed by atoms with Gasteiger partial charge in [-0.05, 0) is 0 Å². The Labute approximate surface area is 106 Å². The number of hydrogen-bond acceptors (Lipinski definition) is 5. The van der Waals surface area contributed by atoms with Gasteiger partial charge in [-0.15, -0.1) is 16.8 Å². The molecule has 0 N–H and O–H groups in total. The molecule has 0 saturated carbocycles. The second-order valence-electron chi connectivity index (χ2n) is 3.12. The Kier molecular flexibility index (Phi) is 6.42. The predicted molar refractivity (Wildman–Crippen MR) is 67.8 cm³/mol. The first-order valence-electron chi connectivity index (χ1n) is 5.20. The van der Waals surface area contributed by atoms with E-state index in [0.717, 1.165) is 16.7 Å². The molecule has 0 spiro atoms. The molecule has 5 nitrogen and oxygen atoms in total. The highest BCUT2D eigenvalue weighted by Gasteiger charge is 2.10. The molecule has 0 atom stereocenters. The third-order valence-electron chi connectivity index (χ3n) is 1.93. The topological polar surface area (TPSA) is 49.2 Å². The highest BCUT2D eigenvalue weighted by Crippen LogP contribution is 2.17. The SMILES string of the molecule is C=CCn1c(COC)nnc1SCCOC=C. The molecule has 0 fully saturated rings. The zero-order valence-electron chi connectivity index (χ0n) is 9.96. The zero-order chi connectivity index (χ0) is 12.5. The highest BCUT2D eigenvalue weighted by atomic mass is 32.2. The predicted octanol–water partition coefficient (Wildman–Crippen LogP) is 1.86. The molecular weight excluding hydrogens is 238 g/mol. The summed E-state index contributed by atoms with van der Waals surface area (Å²) in [6, 6.07) is 0. The maximum Gasteiger partial charge on any atom is 0.191 e. The average molecular weight is 255 g/mol. The van der Waals surface area contributed by atoms with Gasteiger partial charge in [0.25, 0.3) is 0 Å². The van der Waals surface area contributed by atoms with Crippen LogP contribution < -0.4 is 0 Å². The first kappa shape index (κ1) is 13.8. The monoisotopic (exact) mass is 255 g/mol. The quantitative estimate of drug-likeness (QED) is 0.292. The van der Waals surface area contributed by atoms with E-state index in [0.29, 0.717) is 19.8 Å². The molecule has 0 radical (unpaired) electrons. The smallest absolute Gasteiger partial charge is 0.191 e. The van der Waals surface area contributed by atoms with Crippen LogP contribution in [-0.2, 0) is 22.6 Å². The molecule has 0 saturated heterocycles. The molecule has 0 aromatic carbocycles. The van der Waals surface area contributed by atoms with Gasteiger partial charge in [-0.3, -0.25) is 0 Å². The number of ether oxygens (including phenoxy) is 2. The van der Waals surface area contributed by atoms with Crippen LogP contribution in [0.3, 0.4) is 0 Å². The van der Waals surface area contributed by atoms with E-state index in [1.54, 1.807) is 18.9 Å². The van der Waals surface area contributed by atoms with Crippen LogP contribution in [0, 0.1) is 0 Å². The Balaban J connectivity index is 2.62. The van der Waals surface area contributed by atoms with Crippen molar-refractivity contribution in [2.24, 2.45) is 0 Å². The summed E-state index contributed by atoms with van der Waals surface area (Å²) in [5, 5.41) is 9.05. The number of nitrogens with zero attached hydrogens (tertiary/aromatic N) is 3. The summed E-state index contributed by atoms with van der Waals surface area (Å²) >= 11 is 1.59. The van der Waals surface area contributed by atoms with Crippen LogP contribution in [0.1, 0.15) is 5.82 Å². The molecular formula is C11H17N3O2S. The van der Waals surface area contributed by atoms with E-state index in [9.17, 15) is 0 Å². The number of rotatable bonds is 9. The second kappa shape index (κ2) is 7.92. The fraction of sp³-hybridized carbons (Fsp3) is 0.455. The summed E-state index contributed by atoms with van der Waals surface area (Å²) in [5.41, 5.74) is 0. The van der Waals surface area contributed by atoms with Gasteiger partial charge in [0.1, 0.15) is 6.61 Å². The molecule has 0 aliphatic rings. The highest BCUT2D eigenvalue weighted by molar-refractivity contribution is 7.99. The third-order valence-corrected chi connectivity index (χ3v) is 2.86. The largest absolute Gasteiger partial charge is 0.501 e. The molecule has 0 bridgehead atoms. The molecule has 0 aliphatic heterocycles. The van der Waals surface area contributed by atoms with Gasteiger partial charge in [-0.2, -0.15) is 0 Å². The molecule has 0 amide bonds. The summed E-state index contributed by atoms with van der Waals surface area (Å²) in [6.07, 6.45) is 3.25. The van der Waals surface area contributed by atoms with Crippen molar-refractivity contribution in [1.82, 2.24) is 14.8 Å². The number of aromatic nitrogens is 3. The lowest BCUT2D eigenvalue weighted by Gasteiger charge is -2.06. The Morgan fingerprint density at radius 3 is 2.88 bits per heavy atom. The molecule has 0 aliphatic carbocycles. The van der Waals surface area contributed by atoms with Gasteiger partial charge in [0.05, 0.1) is 12.9 Å². The Bertz CT molecular complexity index is 366. The first-order chi connectivity index (χ1) is 8.33. The van der Waals surface area contributed by atoms with Gasteiger partial charge >= 0.3 is 0 Å². The van der Waals surface area contributed by atoms with Crippen molar-refractivity contribution in [3.63, 3.8) is 0 Å². The minimum atomic E-state index is 0.449. The van der Waals surface area contributed by atoms with E-state index in [1.165, 1.54) is 6.26 Å². The lowest BCUT2D eigenvalue weighted by Crippen LogP contribution is -2.05. The van der Waals surface area contributed by atoms with Gasteiger partial charge < -0.3 is 14.0 Å². The van der Waals surface area contributed by atoms with Gasteiger partial charge in [-0.1, -0.05) is 24.4 Å². The molecule has 94 valence electrons. The Morgan fingerprint density at radius 1 is 1.41 bits per heavy atom. The fourth-order valence-electron chi connectivity index (χ4n) is 1.24. The van der Waals surface area contributed by atoms with Crippen molar-refractivity contribution in [2.75, 3.05) is 19.5 Å². The van der Waals surface area contributed by atoms with Crippen LogP contribution in [-0.4, -0.2) is 34.2 Å². The van der Waals surface area contributed by atoms with Gasteiger partial charge in [-0.25, -0.2) is 0 Å². The maximum absolute atomic E-state index is 5.07. The standard InChI is InChI=1S/C11H17N3O2S/c1-4-6-14-10(9-15-3)12-13-11(14)17-8-7-16-5-2/h4-5H,1-2,6-9H2,3H3. The van der Waals surface area contributed by atoms with Crippen LogP contribution >= 0.6 is 11.8 Å². The van der Waals surface area contributed by atoms with Crippen LogP contribution in [0.5, 0.6) is 0 Å². The van der Waals surface area contributed by atoms with E-state index >= 15 is 0 Å². The summed E-state index contributed by atoms with van der Waals surface area (Å²) in [6.45, 7) is 8.94. The van der Waals surface area contributed by atoms with Gasteiger partial charge in [0.15, 0.2) is 11.0 Å². The molecule has 17 heavy (non-hydrogen) atoms. The minimum Gasteiger partial charge on any atom is -0.501 e. The minimum absolute atomic E-state index is 0.449. The third kappa shape index (κ3) is 4.24. The molecule has 1 aromatic rings. The van der Waals surface area contributed by atoms with Crippen molar-refractivity contribution in [3.05, 3.63) is 31.3 Å². The molecule has 1 aromatic heterocycles. The second-order valence-corrected chi connectivity index (χ2v) is 4.18. The van der Waals surface area contributed by atoms with Crippen LogP contribution in [0.2, 0.25) is 0 Å². The van der Waals surface area contributed by atoms with Crippen molar-refractivity contribution in [1.29, 1.82) is 0 Å². The number of allylic oxidation sites excluding steroid dienone is 1. The number of thioether (sulfide) groups is 1. The number of hydrogen-bond donors (Lipinski definition) is 0. The van der Waals surface area contributed by atoms with Crippen molar-refractivity contribution >= 4 is 11.8 Å². The molecule has 6 heteroatoms. The van der Waals surface area contributed by atoms with E-state index in [1.807, 2.05) is 10.6 Å². The van der Waals surface area contributed by atoms with E-state index in [-0.39, 0.29) is 0 Å². The molecule has 1 heterocycles. The normalized spacial score (nSPS) is 10.2. The van der Waals surface area contributed by atoms with Crippen LogP contribution in [0.15, 0.2) is 30.7 Å². The first-order valence-corrected chi connectivity index (χ1v) is 6.19. The Morgan fingerprint density at radius 2 is 2.24 bits per heavy atom. The summed E-state index contributed by atoms with van der Waals surface area (Å²) < 4.78 is 12.1. The number of methoxy groups -OCH3 is 1. The molecule has 0 unspecified atom stereocenters. The average Bonchev–Trinajstić information content (AvgIpc) is 2.69. The lowest BCUT2D eigenvalue weighted by atomic mass is 10.5. The van der Waals surface area contributed by atoms with Crippen molar-refractivity contribution in [3.8, 4) is 0 Å². The van der Waals surface area contributed by atoms with E-state index in [2.05, 4.69) is 23.4 Å². The van der Waals surface area contributed by atoms with Crippen molar-refractivity contribution < 1.29 is 9.47 Å². The van der Waals surface area contributed by atoms with Gasteiger partial charge in [0.2, 0.25) is 0 Å². The summed E-state index contributed by atoms with van der Waals surface area (Å²) in [5.74, 6) is 1.61. The van der Waals surface area contributed by atoms with Gasteiger partial charge in [0, 0.05) is 19.4 Å². The van der Waals surface area contributed by atoms with Crippen molar-refractivity contribution in [2.45, 2.75) is 18.3 Å². The zero-order valence-corrected chi connectivity index (χ0v) is 10.8. The molecule has 1 rings (SSSR count).